The van der Waals surface area contributed by atoms with Crippen LogP contribution in [0.15, 0.2) is 133 Å². The van der Waals surface area contributed by atoms with Gasteiger partial charge < -0.3 is 55.2 Å². The van der Waals surface area contributed by atoms with Crippen molar-refractivity contribution < 1.29 is 99.0 Å². The van der Waals surface area contributed by atoms with Crippen LogP contribution in [0.2, 0.25) is 0 Å². The molecule has 17 nitrogen and oxygen atoms in total. The molecule has 0 unspecified atom stereocenters. The number of nitrogens with two attached hydrogens (primary N) is 1. The second-order valence-corrected chi connectivity index (χ2v) is 19.7. The van der Waals surface area contributed by atoms with Crippen LogP contribution in [-0.4, -0.2) is 81.8 Å². The van der Waals surface area contributed by atoms with Crippen molar-refractivity contribution in [1.82, 2.24) is 5.32 Å². The molecule has 3 amide bonds. The first kappa shape index (κ1) is 75.5. The van der Waals surface area contributed by atoms with Crippen LogP contribution in [0.3, 0.4) is 0 Å². The molecule has 20 heteroatoms. The summed E-state index contributed by atoms with van der Waals surface area (Å²) >= 11 is 0. The van der Waals surface area contributed by atoms with E-state index in [0.29, 0.717) is 59.0 Å². The number of benzene rings is 6. The Kier molecular flexibility index (Phi) is 35.4. The Balaban J connectivity index is 0.000000491. The first-order valence-electron chi connectivity index (χ1n) is 28.1. The molecule has 472 valence electrons. The van der Waals surface area contributed by atoms with Gasteiger partial charge in [-0.15, -0.1) is 0 Å². The Hall–Kier alpha value is -7.58. The van der Waals surface area contributed by atoms with Gasteiger partial charge in [-0.1, -0.05) is 76.9 Å². The summed E-state index contributed by atoms with van der Waals surface area (Å²) in [6.07, 6.45) is 7.52. The number of Topliss-reactive ketones (excluding diaryl/α,β-unsaturated/α-hetero) is 2. The molecule has 5 N–H and O–H groups in total. The number of ether oxygens (including phenoxy) is 5. The van der Waals surface area contributed by atoms with E-state index in [9.17, 15) is 37.5 Å². The molecule has 1 saturated carbocycles. The van der Waals surface area contributed by atoms with Crippen LogP contribution in [0.25, 0.3) is 0 Å². The number of rotatable bonds is 28. The maximum atomic E-state index is 14.4. The molecule has 0 atom stereocenters. The topological polar surface area (TPSA) is 217 Å². The van der Waals surface area contributed by atoms with Crippen molar-refractivity contribution >= 4 is 58.0 Å². The van der Waals surface area contributed by atoms with Crippen molar-refractivity contribution in [2.24, 2.45) is 5.73 Å². The zero-order chi connectivity index (χ0) is 60.8. The standard InChI is InChI=1S/C30H36FN3O4.C28H34FN3O3.C7H8O4.2CH4.Ar/c1-22(35)32-17-9-4-5-10-18-33-28-15-14-27(37-3)19-24(28)21-34(23(2)36)29-20-25(31)13-16-30(29)38-26-11-7-6-8-12-26;1-21(33)32(27-19-23(29)12-15-28(27)35-24-10-6-5-7-11-24)20-22-18-25(34-2)13-14-26(22)31-17-9-4-3-8-16-30;1-4(8)11-7-5(9)2-3-6(7)10;;;/h6-8,11-16,19-20,33H,4-5,9-10,17-18,21H2,1-3H3,(H,32,35);5-7,10-15,18-19,31H,3-4,8-9,16-17,20,30H2,1-2H3;7H,2-3H2,1H3;2*1H4;. The van der Waals surface area contributed by atoms with Crippen LogP contribution in [0.1, 0.15) is 118 Å². The van der Waals surface area contributed by atoms with Gasteiger partial charge in [0, 0.05) is 121 Å². The van der Waals surface area contributed by atoms with E-state index >= 15 is 0 Å². The minimum absolute atomic E-state index is 0. The molecule has 0 aliphatic heterocycles. The summed E-state index contributed by atoms with van der Waals surface area (Å²) in [4.78, 5) is 71.6. The van der Waals surface area contributed by atoms with E-state index in [4.69, 9.17) is 24.7 Å². The van der Waals surface area contributed by atoms with E-state index in [0.717, 1.165) is 87.0 Å². The molecule has 6 aromatic rings. The number of unbranched alkanes of at least 4 members (excludes halogenated alkanes) is 6. The first-order valence-corrected chi connectivity index (χ1v) is 28.1. The van der Waals surface area contributed by atoms with Crippen LogP contribution in [0.5, 0.6) is 34.5 Å². The normalized spacial score (nSPS) is 11.3. The average Bonchev–Trinajstić information content (AvgIpc) is 2.10. The van der Waals surface area contributed by atoms with Crippen LogP contribution < -0.4 is 50.4 Å². The molecule has 0 radical (unpaired) electrons. The number of ketones is 2. The maximum Gasteiger partial charge on any atom is 0.303 e. The van der Waals surface area contributed by atoms with Crippen LogP contribution >= 0.6 is 0 Å². The number of esters is 1. The molecule has 0 saturated heterocycles. The average molecular weight is 1230 g/mol. The van der Waals surface area contributed by atoms with Gasteiger partial charge in [-0.05, 0) is 128 Å². The number of carbonyl (C=O) groups excluding carboxylic acids is 6. The molecule has 1 fully saturated rings. The van der Waals surface area contributed by atoms with E-state index in [1.165, 1.54) is 67.8 Å². The number of nitrogens with one attached hydrogen (secondary N) is 3. The summed E-state index contributed by atoms with van der Waals surface area (Å²) in [7, 11) is 3.19. The Bertz CT molecular complexity index is 3090. The van der Waals surface area contributed by atoms with Crippen molar-refractivity contribution in [2.45, 2.75) is 126 Å². The molecule has 87 heavy (non-hydrogen) atoms. The van der Waals surface area contributed by atoms with E-state index in [-0.39, 0.29) is 108 Å². The van der Waals surface area contributed by atoms with Gasteiger partial charge in [0.25, 0.3) is 0 Å². The number of nitrogens with zero attached hydrogens (tertiary/aromatic N) is 2. The summed E-state index contributed by atoms with van der Waals surface area (Å²) in [5.74, 6) is 0.739. The number of para-hydroxylation sites is 2. The third-order valence-electron chi connectivity index (χ3n) is 13.1. The second kappa shape index (κ2) is 40.7. The fourth-order valence-electron chi connectivity index (χ4n) is 8.80. The summed E-state index contributed by atoms with van der Waals surface area (Å²) < 4.78 is 56.0. The smallest absolute Gasteiger partial charge is 0.303 e. The molecular formula is C67H86ArF2N6O11. The Morgan fingerprint density at radius 2 is 0.931 bits per heavy atom. The van der Waals surface area contributed by atoms with Gasteiger partial charge in [-0.3, -0.25) is 28.8 Å². The van der Waals surface area contributed by atoms with Crippen molar-refractivity contribution in [2.75, 3.05) is 60.8 Å². The Morgan fingerprint density at radius 3 is 1.30 bits per heavy atom. The summed E-state index contributed by atoms with van der Waals surface area (Å²) in [5, 5.41) is 9.75. The molecule has 6 aromatic carbocycles. The quantitative estimate of drug-likeness (QED) is 0.0204. The van der Waals surface area contributed by atoms with Gasteiger partial charge in [0.05, 0.1) is 38.7 Å². The number of anilines is 4. The van der Waals surface area contributed by atoms with E-state index < -0.39 is 23.7 Å². The predicted octanol–water partition coefficient (Wildman–Crippen LogP) is 13.5. The summed E-state index contributed by atoms with van der Waals surface area (Å²) in [5.41, 5.74) is 9.74. The Morgan fingerprint density at radius 1 is 0.529 bits per heavy atom. The number of methoxy groups -OCH3 is 2. The van der Waals surface area contributed by atoms with E-state index in [1.54, 1.807) is 32.4 Å². The van der Waals surface area contributed by atoms with Crippen molar-refractivity contribution in [3.8, 4) is 34.5 Å². The second-order valence-electron chi connectivity index (χ2n) is 19.7. The molecule has 1 aliphatic rings. The predicted molar refractivity (Wildman–Crippen MR) is 335 cm³/mol. The minimum Gasteiger partial charge on any atom is -0.497 e. The zero-order valence-electron chi connectivity index (χ0n) is 49.2. The van der Waals surface area contributed by atoms with Crippen LogP contribution in [0.4, 0.5) is 31.5 Å². The maximum absolute atomic E-state index is 14.4. The monoisotopic (exact) mass is 1230 g/mol. The minimum atomic E-state index is -1.10. The number of hydrogen-bond acceptors (Lipinski definition) is 14. The van der Waals surface area contributed by atoms with Crippen molar-refractivity contribution in [3.63, 3.8) is 0 Å². The first-order chi connectivity index (χ1) is 40.5. The van der Waals surface area contributed by atoms with E-state index in [2.05, 4.69) is 20.7 Å². The van der Waals surface area contributed by atoms with E-state index in [1.807, 2.05) is 84.9 Å². The SMILES string of the molecule is C.C.CC(=O)OC1C(=O)CCC1=O.COc1ccc(NCCCCCCN)c(CN(C(C)=O)c2cc(F)ccc2Oc2ccccc2)c1.COc1ccc(NCCCCCCNC(C)=O)c(CN(C(C)=O)c2cc(F)ccc2Oc2ccccc2)c1.[Ar]. The molecule has 0 heterocycles. The fourth-order valence-corrected chi connectivity index (χ4v) is 8.80. The molecule has 0 spiro atoms. The molecule has 7 rings (SSSR count). The van der Waals surface area contributed by atoms with Crippen molar-refractivity contribution in [3.05, 3.63) is 156 Å². The molecule has 0 aromatic heterocycles. The fraction of sp³-hybridized carbons (Fsp3) is 0.373. The van der Waals surface area contributed by atoms with Crippen LogP contribution in [0, 0.1) is 49.4 Å². The van der Waals surface area contributed by atoms with Crippen molar-refractivity contribution in [1.29, 1.82) is 0 Å². The van der Waals surface area contributed by atoms with Crippen LogP contribution in [-0.2, 0) is 46.6 Å². The van der Waals surface area contributed by atoms with Gasteiger partial charge in [-0.2, -0.15) is 0 Å². The van der Waals surface area contributed by atoms with Gasteiger partial charge in [0.1, 0.15) is 34.6 Å². The number of halogens is 2. The number of hydrogen-bond donors (Lipinski definition) is 4. The largest absolute Gasteiger partial charge is 0.497 e. The third kappa shape index (κ3) is 26.1. The number of carbonyl (C=O) groups is 6. The molecule has 0 bridgehead atoms. The Labute approximate surface area is 542 Å². The molecular weight excluding hydrogens is 1140 g/mol. The summed E-state index contributed by atoms with van der Waals surface area (Å²) in [6, 6.07) is 38.1. The zero-order valence-corrected chi connectivity index (χ0v) is 49.9. The van der Waals surface area contributed by atoms with Gasteiger partial charge in [0.15, 0.2) is 23.1 Å². The third-order valence-corrected chi connectivity index (χ3v) is 13.1. The summed E-state index contributed by atoms with van der Waals surface area (Å²) in [6.45, 7) is 8.99. The van der Waals surface area contributed by atoms with Gasteiger partial charge >= 0.3 is 5.97 Å². The van der Waals surface area contributed by atoms with Gasteiger partial charge in [0.2, 0.25) is 23.8 Å². The number of amides is 3. The molecule has 1 aliphatic carbocycles. The van der Waals surface area contributed by atoms with Gasteiger partial charge in [-0.25, -0.2) is 8.78 Å².